The average molecular weight is 420 g/mol. The Morgan fingerprint density at radius 3 is 2.67 bits per heavy atom. The highest BCUT2D eigenvalue weighted by atomic mass is 16.7. The Labute approximate surface area is 184 Å². The lowest BCUT2D eigenvalue weighted by Crippen LogP contribution is -2.20. The van der Waals surface area contributed by atoms with Crippen LogP contribution in [0.3, 0.4) is 0 Å². The van der Waals surface area contributed by atoms with E-state index >= 15 is 0 Å². The van der Waals surface area contributed by atoms with Crippen LogP contribution in [0.25, 0.3) is 0 Å². The fourth-order valence-corrected chi connectivity index (χ4v) is 3.87. The monoisotopic (exact) mass is 420 g/mol. The number of hydrogen-bond donors (Lipinski definition) is 0. The molecule has 2 heterocycles. The number of carbonyl (C=O) groups is 1. The SMILES string of the molecule is [2H]C([2H])([2H])Oc1cc(CC2C(=O)OCC2Cc2ccc3c(c2)OCO3)cc(OCC)c1OC([2H])([2H])[2H]. The first-order chi connectivity index (χ1) is 16.9. The van der Waals surface area contributed by atoms with Crippen molar-refractivity contribution in [1.82, 2.24) is 0 Å². The molecule has 0 radical (unpaired) electrons. The first-order valence-electron chi connectivity index (χ1n) is 12.6. The average Bonchev–Trinajstić information content (AvgIpc) is 3.36. The number of hydrogen-bond acceptors (Lipinski definition) is 7. The summed E-state index contributed by atoms with van der Waals surface area (Å²) in [6.45, 7) is 2.24. The summed E-state index contributed by atoms with van der Waals surface area (Å²) in [5.74, 6) is -0.401. The van der Waals surface area contributed by atoms with Gasteiger partial charge in [0, 0.05) is 5.92 Å². The van der Waals surface area contributed by atoms with Crippen molar-refractivity contribution in [2.75, 3.05) is 34.1 Å². The van der Waals surface area contributed by atoms with E-state index < -0.39 is 20.0 Å². The highest BCUT2D eigenvalue weighted by Crippen LogP contribution is 2.40. The fourth-order valence-electron chi connectivity index (χ4n) is 3.87. The summed E-state index contributed by atoms with van der Waals surface area (Å²) in [4.78, 5) is 12.6. The Balaban J connectivity index is 1.62. The largest absolute Gasteiger partial charge is 0.493 e. The van der Waals surface area contributed by atoms with Crippen LogP contribution in [-0.4, -0.2) is 40.1 Å². The van der Waals surface area contributed by atoms with Crippen LogP contribution in [0.2, 0.25) is 0 Å². The summed E-state index contributed by atoms with van der Waals surface area (Å²) < 4.78 is 76.6. The van der Waals surface area contributed by atoms with Crippen molar-refractivity contribution < 1.29 is 41.4 Å². The highest BCUT2D eigenvalue weighted by molar-refractivity contribution is 5.75. The molecule has 1 fully saturated rings. The maximum atomic E-state index is 12.6. The van der Waals surface area contributed by atoms with Crippen molar-refractivity contribution in [2.45, 2.75) is 19.8 Å². The minimum absolute atomic E-state index is 0.00376. The van der Waals surface area contributed by atoms with Gasteiger partial charge in [-0.05, 0) is 55.2 Å². The molecule has 0 N–H and O–H groups in total. The van der Waals surface area contributed by atoms with Gasteiger partial charge in [-0.25, -0.2) is 0 Å². The zero-order valence-electron chi connectivity index (χ0n) is 22.4. The number of benzene rings is 2. The molecular weight excluding hydrogens is 388 g/mol. The lowest BCUT2D eigenvalue weighted by Gasteiger charge is -2.18. The molecule has 2 atom stereocenters. The van der Waals surface area contributed by atoms with Gasteiger partial charge < -0.3 is 28.4 Å². The van der Waals surface area contributed by atoms with Crippen LogP contribution in [0.4, 0.5) is 0 Å². The lowest BCUT2D eigenvalue weighted by atomic mass is 9.85. The van der Waals surface area contributed by atoms with Gasteiger partial charge in [0.25, 0.3) is 0 Å². The van der Waals surface area contributed by atoms with E-state index in [1.165, 1.54) is 12.1 Å². The number of ether oxygens (including phenoxy) is 6. The van der Waals surface area contributed by atoms with Crippen LogP contribution in [0.15, 0.2) is 30.3 Å². The predicted molar refractivity (Wildman–Crippen MR) is 109 cm³/mol. The molecule has 2 aliphatic rings. The molecular formula is C23H26O7. The van der Waals surface area contributed by atoms with Gasteiger partial charge in [0.05, 0.1) is 41.4 Å². The van der Waals surface area contributed by atoms with Gasteiger partial charge in [0.2, 0.25) is 12.5 Å². The zero-order valence-corrected chi connectivity index (χ0v) is 16.4. The van der Waals surface area contributed by atoms with Crippen molar-refractivity contribution >= 4 is 5.97 Å². The molecule has 0 spiro atoms. The van der Waals surface area contributed by atoms with Crippen molar-refractivity contribution in [3.63, 3.8) is 0 Å². The van der Waals surface area contributed by atoms with E-state index in [4.69, 9.17) is 36.6 Å². The summed E-state index contributed by atoms with van der Waals surface area (Å²) in [5.41, 5.74) is 1.46. The summed E-state index contributed by atoms with van der Waals surface area (Å²) >= 11 is 0. The van der Waals surface area contributed by atoms with E-state index in [1.807, 2.05) is 18.2 Å². The number of esters is 1. The van der Waals surface area contributed by atoms with Crippen LogP contribution in [0.1, 0.15) is 26.3 Å². The second-order valence-electron chi connectivity index (χ2n) is 7.15. The number of methoxy groups -OCH3 is 2. The first kappa shape index (κ1) is 14.0. The van der Waals surface area contributed by atoms with Crippen LogP contribution in [0.5, 0.6) is 28.7 Å². The maximum absolute atomic E-state index is 12.6. The normalized spacial score (nSPS) is 23.3. The Kier molecular flexibility index (Phi) is 4.08. The Morgan fingerprint density at radius 2 is 1.83 bits per heavy atom. The Bertz CT molecular complexity index is 1120. The van der Waals surface area contributed by atoms with E-state index in [9.17, 15) is 4.79 Å². The minimum Gasteiger partial charge on any atom is -0.493 e. The van der Waals surface area contributed by atoms with Gasteiger partial charge in [0.1, 0.15) is 0 Å². The predicted octanol–water partition coefficient (Wildman–Crippen LogP) is 3.41. The van der Waals surface area contributed by atoms with E-state index in [-0.39, 0.29) is 55.6 Å². The molecule has 0 aliphatic carbocycles. The summed E-state index contributed by atoms with van der Waals surface area (Å²) in [5, 5.41) is 0. The van der Waals surface area contributed by atoms with Gasteiger partial charge in [-0.15, -0.1) is 0 Å². The van der Waals surface area contributed by atoms with Gasteiger partial charge in [0.15, 0.2) is 23.0 Å². The van der Waals surface area contributed by atoms with Crippen LogP contribution < -0.4 is 23.7 Å². The quantitative estimate of drug-likeness (QED) is 0.606. The summed E-state index contributed by atoms with van der Waals surface area (Å²) in [7, 11) is -5.74. The topological polar surface area (TPSA) is 72.5 Å². The smallest absolute Gasteiger partial charge is 0.309 e. The van der Waals surface area contributed by atoms with E-state index in [0.717, 1.165) is 5.56 Å². The van der Waals surface area contributed by atoms with Gasteiger partial charge in [-0.1, -0.05) is 6.07 Å². The molecule has 2 aliphatic heterocycles. The molecule has 30 heavy (non-hydrogen) atoms. The maximum Gasteiger partial charge on any atom is 0.309 e. The minimum atomic E-state index is -2.87. The Morgan fingerprint density at radius 1 is 1.00 bits per heavy atom. The standard InChI is InChI=1S/C23H26O7/c1-4-27-21-11-15(10-20(25-2)22(21)26-3)8-17-16(12-28-23(17)24)7-14-5-6-18-19(9-14)30-13-29-18/h5-6,9-11,16-17H,4,7-8,12-13H2,1-3H3/i2D3,3D3. The first-order valence-corrected chi connectivity index (χ1v) is 9.65. The number of carbonyl (C=O) groups excluding carboxylic acids is 1. The Hall–Kier alpha value is -3.09. The van der Waals surface area contributed by atoms with E-state index in [2.05, 4.69) is 0 Å². The van der Waals surface area contributed by atoms with Crippen molar-refractivity contribution in [2.24, 2.45) is 11.8 Å². The van der Waals surface area contributed by atoms with Crippen LogP contribution in [-0.2, 0) is 22.4 Å². The molecule has 0 aromatic heterocycles. The van der Waals surface area contributed by atoms with E-state index in [1.54, 1.807) is 6.92 Å². The molecule has 7 nitrogen and oxygen atoms in total. The third kappa shape index (κ3) is 3.97. The molecule has 0 bridgehead atoms. The molecule has 4 rings (SSSR count). The van der Waals surface area contributed by atoms with Crippen molar-refractivity contribution in [1.29, 1.82) is 0 Å². The van der Waals surface area contributed by atoms with Gasteiger partial charge in [-0.3, -0.25) is 4.79 Å². The highest BCUT2D eigenvalue weighted by Gasteiger charge is 2.37. The van der Waals surface area contributed by atoms with Gasteiger partial charge in [-0.2, -0.15) is 0 Å². The molecule has 7 heteroatoms. The van der Waals surface area contributed by atoms with Crippen LogP contribution >= 0.6 is 0 Å². The molecule has 2 aromatic rings. The third-order valence-corrected chi connectivity index (χ3v) is 5.29. The molecule has 2 unspecified atom stereocenters. The molecule has 0 saturated carbocycles. The number of cyclic esters (lactones) is 1. The number of fused-ring (bicyclic) bond motifs is 1. The summed E-state index contributed by atoms with van der Waals surface area (Å²) in [6.07, 6.45) is 0.740. The molecule has 2 aromatic carbocycles. The molecule has 160 valence electrons. The summed E-state index contributed by atoms with van der Waals surface area (Å²) in [6, 6.07) is 8.49. The molecule has 0 amide bonds. The van der Waals surface area contributed by atoms with Crippen molar-refractivity contribution in [3.8, 4) is 28.7 Å². The molecule has 1 saturated heterocycles. The third-order valence-electron chi connectivity index (χ3n) is 5.29. The zero-order chi connectivity index (χ0) is 26.1. The van der Waals surface area contributed by atoms with Crippen molar-refractivity contribution in [3.05, 3.63) is 41.5 Å². The second-order valence-corrected chi connectivity index (χ2v) is 7.15. The van der Waals surface area contributed by atoms with Gasteiger partial charge >= 0.3 is 5.97 Å². The lowest BCUT2D eigenvalue weighted by molar-refractivity contribution is -0.141. The fraction of sp³-hybridized carbons (Fsp3) is 0.435. The van der Waals surface area contributed by atoms with Crippen LogP contribution in [0, 0.1) is 11.8 Å². The number of rotatable bonds is 8. The second kappa shape index (κ2) is 8.73. The van der Waals surface area contributed by atoms with E-state index in [0.29, 0.717) is 23.5 Å².